The van der Waals surface area contributed by atoms with Gasteiger partial charge in [0, 0.05) is 5.69 Å². The Morgan fingerprint density at radius 1 is 1.09 bits per heavy atom. The normalized spacial score (nSPS) is 11.6. The highest BCUT2D eigenvalue weighted by Crippen LogP contribution is 2.32. The summed E-state index contributed by atoms with van der Waals surface area (Å²) in [5.41, 5.74) is 0.350. The molecule has 0 unspecified atom stereocenters. The second-order valence-corrected chi connectivity index (χ2v) is 4.55. The van der Waals surface area contributed by atoms with Crippen molar-refractivity contribution in [1.29, 1.82) is 0 Å². The Bertz CT molecular complexity index is 795. The van der Waals surface area contributed by atoms with Crippen LogP contribution in [0.25, 0.3) is 11.1 Å². The number of nitrogens with zero attached hydrogens (tertiary/aromatic N) is 1. The summed E-state index contributed by atoms with van der Waals surface area (Å²) < 4.78 is 48.4. The fraction of sp³-hybridized carbons (Fsp3) is 0.133. The number of hydrogen-bond acceptors (Lipinski definition) is 4. The van der Waals surface area contributed by atoms with Gasteiger partial charge in [-0.3, -0.25) is 0 Å². The van der Waals surface area contributed by atoms with Crippen LogP contribution in [0, 0.1) is 0 Å². The number of nitrogens with one attached hydrogen (secondary N) is 1. The molecule has 1 aromatic heterocycles. The van der Waals surface area contributed by atoms with Gasteiger partial charge in [-0.25, -0.2) is 0 Å². The van der Waals surface area contributed by atoms with Crippen molar-refractivity contribution in [2.24, 2.45) is 0 Å². The van der Waals surface area contributed by atoms with Crippen LogP contribution in [0.4, 0.5) is 24.9 Å². The molecule has 0 radical (unpaired) electrons. The lowest BCUT2D eigenvalue weighted by Gasteiger charge is -2.04. The summed E-state index contributed by atoms with van der Waals surface area (Å²) >= 11 is 0. The first-order chi connectivity index (χ1) is 10.5. The van der Waals surface area contributed by atoms with Crippen LogP contribution in [0.15, 0.2) is 46.9 Å². The van der Waals surface area contributed by atoms with Gasteiger partial charge < -0.3 is 14.5 Å². The molecule has 0 aliphatic heterocycles. The van der Waals surface area contributed by atoms with Crippen LogP contribution < -0.4 is 10.1 Å². The topological polar surface area (TPSA) is 47.3 Å². The Hall–Kier alpha value is -2.70. The number of fused-ring (bicyclic) bond motifs is 1. The lowest BCUT2D eigenvalue weighted by molar-refractivity contribution is -0.137. The minimum atomic E-state index is -4.41. The average Bonchev–Trinajstić information content (AvgIpc) is 2.88. The maximum Gasteiger partial charge on any atom is 0.416 e. The molecule has 3 rings (SSSR count). The first kappa shape index (κ1) is 14.2. The molecule has 0 saturated heterocycles. The minimum Gasteiger partial charge on any atom is -0.497 e. The Kier molecular flexibility index (Phi) is 3.40. The Balaban J connectivity index is 1.88. The fourth-order valence-corrected chi connectivity index (χ4v) is 1.96. The van der Waals surface area contributed by atoms with E-state index in [4.69, 9.17) is 9.15 Å². The summed E-state index contributed by atoms with van der Waals surface area (Å²) in [6.45, 7) is 0. The molecule has 0 saturated carbocycles. The molecule has 1 N–H and O–H groups in total. The van der Waals surface area contributed by atoms with Crippen molar-refractivity contribution in [3.05, 3.63) is 48.0 Å². The van der Waals surface area contributed by atoms with Gasteiger partial charge in [0.05, 0.1) is 12.7 Å². The maximum atomic E-state index is 12.7. The van der Waals surface area contributed by atoms with E-state index in [-0.39, 0.29) is 17.1 Å². The molecule has 3 aromatic rings. The number of anilines is 2. The highest BCUT2D eigenvalue weighted by Gasteiger charge is 2.31. The van der Waals surface area contributed by atoms with Crippen molar-refractivity contribution in [3.8, 4) is 5.75 Å². The SMILES string of the molecule is COc1ccc(Nc2nc3cc(C(F)(F)F)ccc3o2)cc1. The molecular weight excluding hydrogens is 297 g/mol. The van der Waals surface area contributed by atoms with Crippen molar-refractivity contribution in [1.82, 2.24) is 4.98 Å². The van der Waals surface area contributed by atoms with E-state index < -0.39 is 11.7 Å². The second-order valence-electron chi connectivity index (χ2n) is 4.55. The summed E-state index contributed by atoms with van der Waals surface area (Å²) in [4.78, 5) is 4.02. The molecular formula is C15H11F3N2O2. The third-order valence-corrected chi connectivity index (χ3v) is 3.06. The average molecular weight is 308 g/mol. The van der Waals surface area contributed by atoms with E-state index in [1.54, 1.807) is 31.4 Å². The van der Waals surface area contributed by atoms with Gasteiger partial charge in [-0.15, -0.1) is 0 Å². The molecule has 22 heavy (non-hydrogen) atoms. The molecule has 0 aliphatic rings. The summed E-state index contributed by atoms with van der Waals surface area (Å²) in [6, 6.07) is 10.3. The van der Waals surface area contributed by atoms with E-state index in [0.29, 0.717) is 11.4 Å². The van der Waals surface area contributed by atoms with Crippen LogP contribution in [-0.4, -0.2) is 12.1 Å². The highest BCUT2D eigenvalue weighted by atomic mass is 19.4. The number of oxazole rings is 1. The predicted octanol–water partition coefficient (Wildman–Crippen LogP) is 4.60. The number of alkyl halides is 3. The molecule has 0 bridgehead atoms. The van der Waals surface area contributed by atoms with Crippen molar-refractivity contribution in [3.63, 3.8) is 0 Å². The highest BCUT2D eigenvalue weighted by molar-refractivity contribution is 5.76. The fourth-order valence-electron chi connectivity index (χ4n) is 1.96. The van der Waals surface area contributed by atoms with E-state index in [1.807, 2.05) is 0 Å². The largest absolute Gasteiger partial charge is 0.497 e. The molecule has 1 heterocycles. The number of methoxy groups -OCH3 is 1. The van der Waals surface area contributed by atoms with Crippen LogP contribution in [0.3, 0.4) is 0 Å². The summed E-state index contributed by atoms with van der Waals surface area (Å²) in [5.74, 6) is 0.693. The van der Waals surface area contributed by atoms with E-state index in [1.165, 1.54) is 6.07 Å². The molecule has 0 amide bonds. The molecule has 0 atom stereocenters. The molecule has 0 aliphatic carbocycles. The van der Waals surface area contributed by atoms with E-state index >= 15 is 0 Å². The van der Waals surface area contributed by atoms with E-state index in [9.17, 15) is 13.2 Å². The summed E-state index contributed by atoms with van der Waals surface area (Å²) in [5, 5.41) is 2.89. The van der Waals surface area contributed by atoms with E-state index in [0.717, 1.165) is 12.1 Å². The second kappa shape index (κ2) is 5.25. The minimum absolute atomic E-state index is 0.125. The number of benzene rings is 2. The Labute approximate surface area is 123 Å². The van der Waals surface area contributed by atoms with Gasteiger partial charge in [0.25, 0.3) is 6.01 Å². The number of aromatic nitrogens is 1. The summed E-state index contributed by atoms with van der Waals surface area (Å²) in [7, 11) is 1.56. The van der Waals surface area contributed by atoms with Crippen LogP contribution in [0.2, 0.25) is 0 Å². The van der Waals surface area contributed by atoms with Crippen LogP contribution in [0.1, 0.15) is 5.56 Å². The molecule has 0 fully saturated rings. The zero-order valence-electron chi connectivity index (χ0n) is 11.4. The van der Waals surface area contributed by atoms with E-state index in [2.05, 4.69) is 10.3 Å². The molecule has 7 heteroatoms. The monoisotopic (exact) mass is 308 g/mol. The van der Waals surface area contributed by atoms with Crippen molar-refractivity contribution < 1.29 is 22.3 Å². The maximum absolute atomic E-state index is 12.7. The quantitative estimate of drug-likeness (QED) is 0.768. The number of halogens is 3. The number of rotatable bonds is 3. The number of hydrogen-bond donors (Lipinski definition) is 1. The molecule has 4 nitrogen and oxygen atoms in total. The van der Waals surface area contributed by atoms with Gasteiger partial charge in [0.2, 0.25) is 0 Å². The van der Waals surface area contributed by atoms with Gasteiger partial charge in [0.1, 0.15) is 11.3 Å². The van der Waals surface area contributed by atoms with Gasteiger partial charge in [0.15, 0.2) is 5.58 Å². The third kappa shape index (κ3) is 2.83. The van der Waals surface area contributed by atoms with Gasteiger partial charge in [-0.1, -0.05) is 0 Å². The zero-order valence-corrected chi connectivity index (χ0v) is 11.4. The van der Waals surface area contributed by atoms with Crippen molar-refractivity contribution >= 4 is 22.8 Å². The predicted molar refractivity (Wildman–Crippen MR) is 75.3 cm³/mol. The molecule has 114 valence electrons. The third-order valence-electron chi connectivity index (χ3n) is 3.06. The van der Waals surface area contributed by atoms with Crippen LogP contribution >= 0.6 is 0 Å². The van der Waals surface area contributed by atoms with Gasteiger partial charge in [-0.2, -0.15) is 18.2 Å². The first-order valence-electron chi connectivity index (χ1n) is 6.34. The smallest absolute Gasteiger partial charge is 0.416 e. The van der Waals surface area contributed by atoms with Gasteiger partial charge >= 0.3 is 6.18 Å². The van der Waals surface area contributed by atoms with Crippen LogP contribution in [0.5, 0.6) is 5.75 Å². The molecule has 2 aromatic carbocycles. The first-order valence-corrected chi connectivity index (χ1v) is 6.34. The number of ether oxygens (including phenoxy) is 1. The zero-order chi connectivity index (χ0) is 15.7. The Morgan fingerprint density at radius 2 is 1.82 bits per heavy atom. The van der Waals surface area contributed by atoms with Gasteiger partial charge in [-0.05, 0) is 42.5 Å². The van der Waals surface area contributed by atoms with Crippen molar-refractivity contribution in [2.45, 2.75) is 6.18 Å². The lowest BCUT2D eigenvalue weighted by atomic mass is 10.2. The Morgan fingerprint density at radius 3 is 2.45 bits per heavy atom. The van der Waals surface area contributed by atoms with Crippen molar-refractivity contribution in [2.75, 3.05) is 12.4 Å². The van der Waals surface area contributed by atoms with Crippen LogP contribution in [-0.2, 0) is 6.18 Å². The molecule has 0 spiro atoms. The summed E-state index contributed by atoms with van der Waals surface area (Å²) in [6.07, 6.45) is -4.41. The lowest BCUT2D eigenvalue weighted by Crippen LogP contribution is -2.03. The standard InChI is InChI=1S/C15H11F3N2O2/c1-21-11-5-3-10(4-6-11)19-14-20-12-8-9(15(16,17)18)2-7-13(12)22-14/h2-8H,1H3,(H,19,20).